The zero-order valence-electron chi connectivity index (χ0n) is 15.8. The number of hydrogen-bond donors (Lipinski definition) is 2. The van der Waals surface area contributed by atoms with Gasteiger partial charge in [0.05, 0.1) is 17.8 Å². The molecule has 0 aliphatic carbocycles. The number of amides is 1. The van der Waals surface area contributed by atoms with Crippen molar-refractivity contribution in [3.63, 3.8) is 0 Å². The van der Waals surface area contributed by atoms with Crippen molar-refractivity contribution in [2.45, 2.75) is 52.4 Å². The van der Waals surface area contributed by atoms with E-state index in [0.717, 1.165) is 41.9 Å². The Hall–Kier alpha value is -2.34. The second kappa shape index (κ2) is 10.1. The molecule has 1 heterocycles. The van der Waals surface area contributed by atoms with Gasteiger partial charge in [-0.1, -0.05) is 24.4 Å². The van der Waals surface area contributed by atoms with Crippen LogP contribution in [0.25, 0.3) is 5.69 Å². The van der Waals surface area contributed by atoms with E-state index in [1.165, 1.54) is 0 Å². The van der Waals surface area contributed by atoms with Gasteiger partial charge in [-0.05, 0) is 51.0 Å². The summed E-state index contributed by atoms with van der Waals surface area (Å²) in [6.07, 6.45) is 3.83. The van der Waals surface area contributed by atoms with Crippen molar-refractivity contribution >= 4 is 23.5 Å². The molecule has 7 heteroatoms. The molecule has 0 radical (unpaired) electrons. The van der Waals surface area contributed by atoms with Crippen LogP contribution in [0.1, 0.15) is 49.1 Å². The van der Waals surface area contributed by atoms with Crippen LogP contribution in [0.3, 0.4) is 0 Å². The molecule has 0 fully saturated rings. The molecule has 1 aromatic heterocycles. The lowest BCUT2D eigenvalue weighted by molar-refractivity contribution is -0.137. The molecule has 0 saturated heterocycles. The van der Waals surface area contributed by atoms with Gasteiger partial charge in [0.25, 0.3) is 0 Å². The molecule has 0 aliphatic heterocycles. The number of carbonyl (C=O) groups is 2. The number of rotatable bonds is 10. The highest BCUT2D eigenvalue weighted by molar-refractivity contribution is 6.30. The van der Waals surface area contributed by atoms with Crippen LogP contribution in [-0.2, 0) is 16.0 Å². The molecule has 6 nitrogen and oxygen atoms in total. The van der Waals surface area contributed by atoms with E-state index in [1.54, 1.807) is 0 Å². The van der Waals surface area contributed by atoms with Crippen LogP contribution < -0.4 is 5.32 Å². The molecule has 0 unspecified atom stereocenters. The second-order valence-corrected chi connectivity index (χ2v) is 7.06. The third-order valence-corrected chi connectivity index (χ3v) is 4.74. The van der Waals surface area contributed by atoms with Gasteiger partial charge in [-0.25, -0.2) is 4.68 Å². The minimum absolute atomic E-state index is 0.0256. The Morgan fingerprint density at radius 3 is 2.44 bits per heavy atom. The second-order valence-electron chi connectivity index (χ2n) is 6.62. The Bertz CT molecular complexity index is 785. The maximum absolute atomic E-state index is 12.2. The lowest BCUT2D eigenvalue weighted by Crippen LogP contribution is -2.26. The van der Waals surface area contributed by atoms with Gasteiger partial charge >= 0.3 is 5.97 Å². The number of aryl methyl sites for hydroxylation is 1. The number of carboxylic acids is 1. The Kier molecular flexibility index (Phi) is 7.85. The van der Waals surface area contributed by atoms with Crippen LogP contribution >= 0.6 is 11.6 Å². The van der Waals surface area contributed by atoms with E-state index in [9.17, 15) is 9.59 Å². The molecule has 146 valence electrons. The maximum atomic E-state index is 12.2. The highest BCUT2D eigenvalue weighted by Crippen LogP contribution is 2.20. The van der Waals surface area contributed by atoms with Gasteiger partial charge in [-0.15, -0.1) is 0 Å². The third kappa shape index (κ3) is 6.40. The summed E-state index contributed by atoms with van der Waals surface area (Å²) in [7, 11) is 0. The van der Waals surface area contributed by atoms with Crippen LogP contribution in [0.5, 0.6) is 0 Å². The number of nitrogens with one attached hydrogen (secondary N) is 1. The number of carbonyl (C=O) groups excluding carboxylic acids is 1. The Morgan fingerprint density at radius 2 is 1.78 bits per heavy atom. The Labute approximate surface area is 164 Å². The first kappa shape index (κ1) is 21.0. The van der Waals surface area contributed by atoms with Gasteiger partial charge in [0, 0.05) is 29.2 Å². The molecule has 0 saturated carbocycles. The quantitative estimate of drug-likeness (QED) is 0.603. The van der Waals surface area contributed by atoms with E-state index >= 15 is 0 Å². The van der Waals surface area contributed by atoms with Crippen LogP contribution in [0, 0.1) is 13.8 Å². The number of nitrogens with zero attached hydrogens (tertiary/aromatic N) is 2. The summed E-state index contributed by atoms with van der Waals surface area (Å²) >= 11 is 5.94. The number of aromatic nitrogens is 2. The van der Waals surface area contributed by atoms with Gasteiger partial charge in [-0.3, -0.25) is 9.59 Å². The normalized spacial score (nSPS) is 10.8. The molecule has 0 bridgehead atoms. The minimum atomic E-state index is -0.756. The average Bonchev–Trinajstić information content (AvgIpc) is 2.89. The van der Waals surface area contributed by atoms with Gasteiger partial charge < -0.3 is 10.4 Å². The first-order valence-corrected chi connectivity index (χ1v) is 9.56. The third-order valence-electron chi connectivity index (χ3n) is 4.49. The van der Waals surface area contributed by atoms with Gasteiger partial charge in [-0.2, -0.15) is 5.10 Å². The molecule has 2 N–H and O–H groups in total. The van der Waals surface area contributed by atoms with E-state index < -0.39 is 5.97 Å². The lowest BCUT2D eigenvalue weighted by Gasteiger charge is -2.07. The number of benzene rings is 1. The standard InChI is InChI=1S/C20H26ClN3O3/c1-14-18(13-19(25)22-12-6-4-3-5-7-20(26)27)15(2)24(23-14)17-10-8-16(21)9-11-17/h8-11H,3-7,12-13H2,1-2H3,(H,22,25)(H,26,27). The number of aliphatic carboxylic acids is 1. The van der Waals surface area contributed by atoms with Crippen LogP contribution in [0.4, 0.5) is 0 Å². The molecule has 0 aliphatic rings. The maximum Gasteiger partial charge on any atom is 0.303 e. The first-order valence-electron chi connectivity index (χ1n) is 9.18. The van der Waals surface area contributed by atoms with E-state index in [2.05, 4.69) is 10.4 Å². The topological polar surface area (TPSA) is 84.2 Å². The van der Waals surface area contributed by atoms with Crippen molar-refractivity contribution in [2.24, 2.45) is 0 Å². The molecule has 0 spiro atoms. The van der Waals surface area contributed by atoms with Crippen molar-refractivity contribution in [1.82, 2.24) is 15.1 Å². The van der Waals surface area contributed by atoms with Gasteiger partial charge in [0.2, 0.25) is 5.91 Å². The van der Waals surface area contributed by atoms with E-state index in [1.807, 2.05) is 42.8 Å². The van der Waals surface area contributed by atoms with Crippen LogP contribution in [-0.4, -0.2) is 33.3 Å². The zero-order chi connectivity index (χ0) is 19.8. The monoisotopic (exact) mass is 391 g/mol. The molecule has 0 atom stereocenters. The van der Waals surface area contributed by atoms with Gasteiger partial charge in [0.15, 0.2) is 0 Å². The number of halogens is 1. The predicted octanol–water partition coefficient (Wildman–Crippen LogP) is 3.84. The fourth-order valence-corrected chi connectivity index (χ4v) is 3.10. The van der Waals surface area contributed by atoms with E-state index in [0.29, 0.717) is 24.4 Å². The van der Waals surface area contributed by atoms with E-state index in [-0.39, 0.29) is 12.3 Å². The van der Waals surface area contributed by atoms with Crippen LogP contribution in [0.2, 0.25) is 5.02 Å². The number of hydrogen-bond acceptors (Lipinski definition) is 3. The summed E-state index contributed by atoms with van der Waals surface area (Å²) in [6, 6.07) is 7.43. The number of unbranched alkanes of at least 4 members (excludes halogenated alkanes) is 3. The summed E-state index contributed by atoms with van der Waals surface area (Å²) in [4.78, 5) is 22.7. The van der Waals surface area contributed by atoms with Crippen molar-refractivity contribution in [3.05, 3.63) is 46.2 Å². The lowest BCUT2D eigenvalue weighted by atomic mass is 10.1. The highest BCUT2D eigenvalue weighted by atomic mass is 35.5. The summed E-state index contributed by atoms with van der Waals surface area (Å²) in [5.41, 5.74) is 3.63. The smallest absolute Gasteiger partial charge is 0.303 e. The van der Waals surface area contributed by atoms with E-state index in [4.69, 9.17) is 16.7 Å². The van der Waals surface area contributed by atoms with Gasteiger partial charge in [0.1, 0.15) is 0 Å². The fraction of sp³-hybridized carbons (Fsp3) is 0.450. The largest absolute Gasteiger partial charge is 0.481 e. The summed E-state index contributed by atoms with van der Waals surface area (Å²) in [6.45, 7) is 4.47. The molecule has 2 aromatic rings. The molecule has 27 heavy (non-hydrogen) atoms. The summed E-state index contributed by atoms with van der Waals surface area (Å²) in [5, 5.41) is 16.7. The van der Waals surface area contributed by atoms with Crippen molar-refractivity contribution in [3.8, 4) is 5.69 Å². The van der Waals surface area contributed by atoms with Crippen LogP contribution in [0.15, 0.2) is 24.3 Å². The minimum Gasteiger partial charge on any atom is -0.481 e. The highest BCUT2D eigenvalue weighted by Gasteiger charge is 2.15. The predicted molar refractivity (Wildman–Crippen MR) is 105 cm³/mol. The molecule has 1 amide bonds. The fourth-order valence-electron chi connectivity index (χ4n) is 2.97. The first-order chi connectivity index (χ1) is 12.9. The van der Waals surface area contributed by atoms with Crippen molar-refractivity contribution in [2.75, 3.05) is 6.54 Å². The average molecular weight is 392 g/mol. The Balaban J connectivity index is 1.83. The molecule has 2 rings (SSSR count). The molecular weight excluding hydrogens is 366 g/mol. The number of carboxylic acid groups (broad SMARTS) is 1. The Morgan fingerprint density at radius 1 is 1.11 bits per heavy atom. The SMILES string of the molecule is Cc1nn(-c2ccc(Cl)cc2)c(C)c1CC(=O)NCCCCCCC(=O)O. The molecular formula is C20H26ClN3O3. The zero-order valence-corrected chi connectivity index (χ0v) is 16.6. The summed E-state index contributed by atoms with van der Waals surface area (Å²) < 4.78 is 1.83. The molecule has 1 aromatic carbocycles. The summed E-state index contributed by atoms with van der Waals surface area (Å²) in [5.74, 6) is -0.782. The van der Waals surface area contributed by atoms with Crippen molar-refractivity contribution < 1.29 is 14.7 Å². The van der Waals surface area contributed by atoms with Crippen molar-refractivity contribution in [1.29, 1.82) is 0 Å².